The molecule has 2 rings (SSSR count). The van der Waals surface area contributed by atoms with Gasteiger partial charge in [-0.2, -0.15) is 0 Å². The van der Waals surface area contributed by atoms with Gasteiger partial charge in [0.15, 0.2) is 0 Å². The lowest BCUT2D eigenvalue weighted by Gasteiger charge is -1.95. The van der Waals surface area contributed by atoms with Crippen LogP contribution in [0.15, 0.2) is 54.6 Å². The average molecular weight is 306 g/mol. The van der Waals surface area contributed by atoms with Gasteiger partial charge in [-0.05, 0) is 24.3 Å². The molecule has 0 atom stereocenters. The number of hydrogen-bond donors (Lipinski definition) is 4. The van der Waals surface area contributed by atoms with Crippen molar-refractivity contribution in [2.24, 2.45) is 0 Å². The largest absolute Gasteiger partial charge is 0.507 e. The Bertz CT molecular complexity index is 608. The topological polar surface area (TPSA) is 132 Å². The predicted molar refractivity (Wildman–Crippen MR) is 77.2 cm³/mol. The molecule has 0 aliphatic rings. The molecule has 2 aromatic carbocycles. The summed E-state index contributed by atoms with van der Waals surface area (Å²) in [6.07, 6.45) is 0. The van der Waals surface area contributed by atoms with Crippen molar-refractivity contribution in [3.63, 3.8) is 0 Å². The quantitative estimate of drug-likeness (QED) is 0.625. The van der Waals surface area contributed by atoms with E-state index in [1.807, 2.05) is 0 Å². The smallest absolute Gasteiger partial charge is 0.339 e. The summed E-state index contributed by atoms with van der Waals surface area (Å²) >= 11 is 0. The molecule has 0 saturated heterocycles. The standard InChI is InChI=1S/C7H6O3.C7H6O2.CH2O2/c8-6-4-2-1-3-5(6)7(9)10;8-7(9)6-4-2-1-3-5-6;2-1-3/h1-4,8H,(H,9,10);1-5H,(H,8,9);1H,(H,2,3). The number of carboxylic acid groups (broad SMARTS) is 3. The molecule has 0 saturated carbocycles. The van der Waals surface area contributed by atoms with Gasteiger partial charge in [-0.15, -0.1) is 0 Å². The molecule has 0 radical (unpaired) electrons. The maximum atomic E-state index is 10.3. The van der Waals surface area contributed by atoms with E-state index in [-0.39, 0.29) is 17.8 Å². The van der Waals surface area contributed by atoms with Gasteiger partial charge >= 0.3 is 11.9 Å². The summed E-state index contributed by atoms with van der Waals surface area (Å²) in [7, 11) is 0. The van der Waals surface area contributed by atoms with E-state index in [2.05, 4.69) is 0 Å². The maximum absolute atomic E-state index is 10.3. The number of hydrogen-bond acceptors (Lipinski definition) is 4. The fourth-order valence-corrected chi connectivity index (χ4v) is 1.24. The van der Waals surface area contributed by atoms with E-state index in [0.29, 0.717) is 5.56 Å². The van der Waals surface area contributed by atoms with Crippen LogP contribution in [0.3, 0.4) is 0 Å². The second-order valence-electron chi connectivity index (χ2n) is 3.60. The van der Waals surface area contributed by atoms with Crippen LogP contribution in [-0.2, 0) is 4.79 Å². The van der Waals surface area contributed by atoms with E-state index < -0.39 is 11.9 Å². The monoisotopic (exact) mass is 306 g/mol. The first-order valence-corrected chi connectivity index (χ1v) is 5.81. The minimum absolute atomic E-state index is 0.0671. The molecule has 116 valence electrons. The number of benzene rings is 2. The van der Waals surface area contributed by atoms with E-state index >= 15 is 0 Å². The molecule has 0 fully saturated rings. The van der Waals surface area contributed by atoms with E-state index in [1.165, 1.54) is 12.1 Å². The minimum Gasteiger partial charge on any atom is -0.507 e. The van der Waals surface area contributed by atoms with E-state index in [1.54, 1.807) is 42.5 Å². The molecule has 0 aliphatic heterocycles. The summed E-state index contributed by atoms with van der Waals surface area (Å²) in [5.74, 6) is -2.19. The van der Waals surface area contributed by atoms with E-state index in [9.17, 15) is 9.59 Å². The van der Waals surface area contributed by atoms with Crippen LogP contribution in [0.2, 0.25) is 0 Å². The van der Waals surface area contributed by atoms with Crippen molar-refractivity contribution in [1.82, 2.24) is 0 Å². The van der Waals surface area contributed by atoms with Crippen LogP contribution in [-0.4, -0.2) is 38.8 Å². The molecular weight excluding hydrogens is 292 g/mol. The molecule has 4 N–H and O–H groups in total. The number of carboxylic acids is 2. The fraction of sp³-hybridized carbons (Fsp3) is 0. The Kier molecular flexibility index (Phi) is 8.85. The zero-order chi connectivity index (χ0) is 17.0. The molecule has 7 heteroatoms. The molecule has 0 unspecified atom stereocenters. The lowest BCUT2D eigenvalue weighted by Crippen LogP contribution is -1.95. The average Bonchev–Trinajstić information content (AvgIpc) is 2.50. The van der Waals surface area contributed by atoms with Gasteiger partial charge in [0.25, 0.3) is 6.47 Å². The number of carbonyl (C=O) groups is 3. The predicted octanol–water partition coefficient (Wildman–Crippen LogP) is 2.18. The van der Waals surface area contributed by atoms with Crippen molar-refractivity contribution >= 4 is 18.4 Å². The second-order valence-corrected chi connectivity index (χ2v) is 3.60. The molecular formula is C15H14O7. The highest BCUT2D eigenvalue weighted by Crippen LogP contribution is 2.14. The number of phenols is 1. The Morgan fingerprint density at radius 3 is 1.59 bits per heavy atom. The molecule has 0 aromatic heterocycles. The van der Waals surface area contributed by atoms with Gasteiger partial charge in [0, 0.05) is 0 Å². The Balaban J connectivity index is 0.000000342. The highest BCUT2D eigenvalue weighted by Gasteiger charge is 2.05. The van der Waals surface area contributed by atoms with Crippen molar-refractivity contribution in [3.8, 4) is 5.75 Å². The molecule has 0 amide bonds. The van der Waals surface area contributed by atoms with Crippen LogP contribution in [0.4, 0.5) is 0 Å². The van der Waals surface area contributed by atoms with Crippen LogP contribution >= 0.6 is 0 Å². The van der Waals surface area contributed by atoms with Crippen LogP contribution in [0.1, 0.15) is 20.7 Å². The van der Waals surface area contributed by atoms with Gasteiger partial charge in [0.2, 0.25) is 0 Å². The maximum Gasteiger partial charge on any atom is 0.339 e. The van der Waals surface area contributed by atoms with Gasteiger partial charge in [0.1, 0.15) is 11.3 Å². The van der Waals surface area contributed by atoms with Gasteiger partial charge in [-0.1, -0.05) is 30.3 Å². The molecule has 0 spiro atoms. The minimum atomic E-state index is -1.11. The van der Waals surface area contributed by atoms with Gasteiger partial charge in [-0.25, -0.2) is 9.59 Å². The lowest BCUT2D eigenvalue weighted by molar-refractivity contribution is -0.122. The summed E-state index contributed by atoms with van der Waals surface area (Å²) in [5, 5.41) is 32.6. The first-order valence-electron chi connectivity index (χ1n) is 5.81. The molecule has 2 aromatic rings. The Hall–Kier alpha value is -3.35. The summed E-state index contributed by atoms with van der Waals surface area (Å²) in [5.41, 5.74) is 0.264. The van der Waals surface area contributed by atoms with E-state index in [4.69, 9.17) is 25.2 Å². The van der Waals surface area contributed by atoms with Crippen molar-refractivity contribution in [2.45, 2.75) is 0 Å². The number of rotatable bonds is 2. The van der Waals surface area contributed by atoms with Crippen LogP contribution in [0.25, 0.3) is 0 Å². The van der Waals surface area contributed by atoms with Crippen molar-refractivity contribution in [2.75, 3.05) is 0 Å². The highest BCUT2D eigenvalue weighted by atomic mass is 16.4. The second kappa shape index (κ2) is 10.4. The third-order valence-corrected chi connectivity index (χ3v) is 2.16. The normalized spacial score (nSPS) is 8.36. The number of para-hydroxylation sites is 1. The van der Waals surface area contributed by atoms with Crippen LogP contribution in [0.5, 0.6) is 5.75 Å². The first kappa shape index (κ1) is 18.7. The summed E-state index contributed by atoms with van der Waals surface area (Å²) in [6.45, 7) is -0.250. The van der Waals surface area contributed by atoms with Gasteiger partial charge in [0.05, 0.1) is 5.56 Å². The number of aromatic carboxylic acids is 2. The molecule has 0 heterocycles. The van der Waals surface area contributed by atoms with Crippen LogP contribution in [0, 0.1) is 0 Å². The van der Waals surface area contributed by atoms with Crippen molar-refractivity contribution in [1.29, 1.82) is 0 Å². The SMILES string of the molecule is O=C(O)c1ccccc1.O=C(O)c1ccccc1O.O=CO. The molecule has 22 heavy (non-hydrogen) atoms. The van der Waals surface area contributed by atoms with Gasteiger partial charge < -0.3 is 20.4 Å². The Labute approximate surface area is 125 Å². The van der Waals surface area contributed by atoms with Crippen LogP contribution < -0.4 is 0 Å². The zero-order valence-electron chi connectivity index (χ0n) is 11.3. The third kappa shape index (κ3) is 7.29. The lowest BCUT2D eigenvalue weighted by atomic mass is 10.2. The third-order valence-electron chi connectivity index (χ3n) is 2.16. The summed E-state index contributed by atoms with van der Waals surface area (Å²) in [4.78, 5) is 28.8. The number of aromatic hydroxyl groups is 1. The first-order chi connectivity index (χ1) is 10.4. The Morgan fingerprint density at radius 1 is 0.818 bits per heavy atom. The molecule has 7 nitrogen and oxygen atoms in total. The highest BCUT2D eigenvalue weighted by molar-refractivity contribution is 5.90. The summed E-state index contributed by atoms with van der Waals surface area (Å²) < 4.78 is 0. The van der Waals surface area contributed by atoms with Crippen molar-refractivity contribution < 1.29 is 34.8 Å². The fourth-order valence-electron chi connectivity index (χ4n) is 1.24. The zero-order valence-corrected chi connectivity index (χ0v) is 11.3. The van der Waals surface area contributed by atoms with E-state index in [0.717, 1.165) is 0 Å². The van der Waals surface area contributed by atoms with Gasteiger partial charge in [-0.3, -0.25) is 4.79 Å². The molecule has 0 aliphatic carbocycles. The summed E-state index contributed by atoms with van der Waals surface area (Å²) in [6, 6.07) is 14.1. The Morgan fingerprint density at radius 2 is 1.27 bits per heavy atom. The molecule has 0 bridgehead atoms. The van der Waals surface area contributed by atoms with Crippen molar-refractivity contribution in [3.05, 3.63) is 65.7 Å².